The van der Waals surface area contributed by atoms with Crippen LogP contribution in [0.3, 0.4) is 0 Å². The zero-order chi connectivity index (χ0) is 14.7. The van der Waals surface area contributed by atoms with Crippen molar-refractivity contribution in [1.29, 1.82) is 0 Å². The number of rotatable bonds is 5. The fourth-order valence-electron chi connectivity index (χ4n) is 4.39. The maximum atomic E-state index is 11.4. The highest BCUT2D eigenvalue weighted by Gasteiger charge is 2.42. The van der Waals surface area contributed by atoms with Gasteiger partial charge in [-0.3, -0.25) is 9.69 Å². The molecule has 1 spiro atoms. The number of carbonyl (C=O) groups excluding carboxylic acids is 1. The standard InChI is InChI=1S/C16H29N3O2/c17-15(20)12-19(13-4-9-18-10-5-13)11-14-3-8-16(21-14)6-1-2-7-16/h13-14,18H,1-12H2,(H2,17,20). The van der Waals surface area contributed by atoms with Crippen LogP contribution in [0.5, 0.6) is 0 Å². The van der Waals surface area contributed by atoms with Gasteiger partial charge in [-0.15, -0.1) is 0 Å². The fourth-order valence-corrected chi connectivity index (χ4v) is 4.39. The predicted molar refractivity (Wildman–Crippen MR) is 82.0 cm³/mol. The Labute approximate surface area is 127 Å². The molecule has 0 radical (unpaired) electrons. The third kappa shape index (κ3) is 3.76. The van der Waals surface area contributed by atoms with E-state index in [0.717, 1.165) is 38.9 Å². The van der Waals surface area contributed by atoms with Crippen LogP contribution in [0.25, 0.3) is 0 Å². The van der Waals surface area contributed by atoms with Gasteiger partial charge in [0.1, 0.15) is 0 Å². The Morgan fingerprint density at radius 3 is 2.57 bits per heavy atom. The smallest absolute Gasteiger partial charge is 0.231 e. The molecule has 3 fully saturated rings. The van der Waals surface area contributed by atoms with Crippen LogP contribution in [0.2, 0.25) is 0 Å². The molecule has 3 aliphatic rings. The lowest BCUT2D eigenvalue weighted by molar-refractivity contribution is -0.120. The Bertz CT molecular complexity index is 363. The van der Waals surface area contributed by atoms with E-state index in [2.05, 4.69) is 10.2 Å². The highest BCUT2D eigenvalue weighted by atomic mass is 16.5. The molecule has 5 heteroatoms. The molecule has 1 unspecified atom stereocenters. The topological polar surface area (TPSA) is 67.6 Å². The molecule has 3 rings (SSSR count). The molecule has 1 aliphatic carbocycles. The number of hydrogen-bond acceptors (Lipinski definition) is 4. The first kappa shape index (κ1) is 15.3. The van der Waals surface area contributed by atoms with Crippen molar-refractivity contribution < 1.29 is 9.53 Å². The first-order chi connectivity index (χ1) is 10.2. The minimum Gasteiger partial charge on any atom is -0.370 e. The summed E-state index contributed by atoms with van der Waals surface area (Å²) in [5.41, 5.74) is 5.63. The summed E-state index contributed by atoms with van der Waals surface area (Å²) in [6.45, 7) is 3.32. The Morgan fingerprint density at radius 1 is 1.19 bits per heavy atom. The van der Waals surface area contributed by atoms with Gasteiger partial charge in [-0.25, -0.2) is 0 Å². The monoisotopic (exact) mass is 295 g/mol. The second-order valence-electron chi connectivity index (χ2n) is 7.05. The second-order valence-corrected chi connectivity index (χ2v) is 7.05. The summed E-state index contributed by atoms with van der Waals surface area (Å²) in [6, 6.07) is 0.475. The quantitative estimate of drug-likeness (QED) is 0.794. The van der Waals surface area contributed by atoms with Crippen LogP contribution in [-0.2, 0) is 9.53 Å². The van der Waals surface area contributed by atoms with E-state index in [0.29, 0.717) is 12.6 Å². The molecule has 1 amide bonds. The number of nitrogens with one attached hydrogen (secondary N) is 1. The lowest BCUT2D eigenvalue weighted by Crippen LogP contribution is -2.49. The number of amides is 1. The highest BCUT2D eigenvalue weighted by molar-refractivity contribution is 5.75. The van der Waals surface area contributed by atoms with Crippen molar-refractivity contribution in [3.8, 4) is 0 Å². The molecular formula is C16H29N3O2. The van der Waals surface area contributed by atoms with Crippen molar-refractivity contribution in [2.24, 2.45) is 5.73 Å². The predicted octanol–water partition coefficient (Wildman–Crippen LogP) is 1.02. The van der Waals surface area contributed by atoms with Gasteiger partial charge in [-0.1, -0.05) is 12.8 Å². The van der Waals surface area contributed by atoms with Gasteiger partial charge in [0.05, 0.1) is 18.2 Å². The molecule has 2 aliphatic heterocycles. The third-order valence-electron chi connectivity index (χ3n) is 5.48. The maximum absolute atomic E-state index is 11.4. The van der Waals surface area contributed by atoms with E-state index >= 15 is 0 Å². The number of nitrogens with two attached hydrogens (primary N) is 1. The lowest BCUT2D eigenvalue weighted by atomic mass is 9.98. The Kier molecular flexibility index (Phi) is 4.82. The maximum Gasteiger partial charge on any atom is 0.231 e. The molecular weight excluding hydrogens is 266 g/mol. The molecule has 1 atom stereocenters. The molecule has 120 valence electrons. The van der Waals surface area contributed by atoms with Crippen LogP contribution in [0, 0.1) is 0 Å². The molecule has 0 aromatic heterocycles. The molecule has 0 bridgehead atoms. The van der Waals surface area contributed by atoms with Crippen molar-refractivity contribution in [2.75, 3.05) is 26.2 Å². The Morgan fingerprint density at radius 2 is 1.90 bits per heavy atom. The van der Waals surface area contributed by atoms with Crippen LogP contribution < -0.4 is 11.1 Å². The van der Waals surface area contributed by atoms with Crippen molar-refractivity contribution >= 4 is 5.91 Å². The van der Waals surface area contributed by atoms with Gasteiger partial charge in [0.15, 0.2) is 0 Å². The van der Waals surface area contributed by atoms with Crippen LogP contribution in [0.4, 0.5) is 0 Å². The summed E-state index contributed by atoms with van der Waals surface area (Å²) < 4.78 is 6.40. The van der Waals surface area contributed by atoms with E-state index in [9.17, 15) is 4.79 Å². The van der Waals surface area contributed by atoms with Gasteiger partial charge in [0.2, 0.25) is 5.91 Å². The third-order valence-corrected chi connectivity index (χ3v) is 5.48. The summed E-state index contributed by atoms with van der Waals surface area (Å²) in [5.74, 6) is -0.220. The van der Waals surface area contributed by atoms with Crippen LogP contribution in [0.1, 0.15) is 51.4 Å². The SMILES string of the molecule is NC(=O)CN(CC1CCC2(CCCC2)O1)C1CCNCC1. The minimum absolute atomic E-state index is 0.178. The van der Waals surface area contributed by atoms with Crippen LogP contribution in [-0.4, -0.2) is 54.7 Å². The summed E-state index contributed by atoms with van der Waals surface area (Å²) in [7, 11) is 0. The van der Waals surface area contributed by atoms with Crippen molar-refractivity contribution in [3.63, 3.8) is 0 Å². The minimum atomic E-state index is -0.220. The first-order valence-electron chi connectivity index (χ1n) is 8.58. The average molecular weight is 295 g/mol. The lowest BCUT2D eigenvalue weighted by Gasteiger charge is -2.35. The number of piperidine rings is 1. The van der Waals surface area contributed by atoms with Crippen LogP contribution in [0.15, 0.2) is 0 Å². The van der Waals surface area contributed by atoms with Crippen molar-refractivity contribution in [3.05, 3.63) is 0 Å². The Hall–Kier alpha value is -0.650. The van der Waals surface area contributed by atoms with E-state index < -0.39 is 0 Å². The molecule has 3 N–H and O–H groups in total. The molecule has 2 saturated heterocycles. The molecule has 1 saturated carbocycles. The van der Waals surface area contributed by atoms with Gasteiger partial charge < -0.3 is 15.8 Å². The largest absolute Gasteiger partial charge is 0.370 e. The van der Waals surface area contributed by atoms with Crippen molar-refractivity contribution in [1.82, 2.24) is 10.2 Å². The zero-order valence-corrected chi connectivity index (χ0v) is 13.0. The molecule has 5 nitrogen and oxygen atoms in total. The van der Waals surface area contributed by atoms with E-state index in [1.807, 2.05) is 0 Å². The van der Waals surface area contributed by atoms with E-state index in [1.165, 1.54) is 32.1 Å². The van der Waals surface area contributed by atoms with E-state index in [4.69, 9.17) is 10.5 Å². The number of nitrogens with zero attached hydrogens (tertiary/aromatic N) is 1. The summed E-state index contributed by atoms with van der Waals surface area (Å²) >= 11 is 0. The molecule has 0 aromatic carbocycles. The van der Waals surface area contributed by atoms with Gasteiger partial charge in [-0.2, -0.15) is 0 Å². The average Bonchev–Trinajstić information content (AvgIpc) is 3.09. The summed E-state index contributed by atoms with van der Waals surface area (Å²) in [4.78, 5) is 13.7. The zero-order valence-electron chi connectivity index (χ0n) is 13.0. The number of hydrogen-bond donors (Lipinski definition) is 2. The van der Waals surface area contributed by atoms with E-state index in [-0.39, 0.29) is 17.6 Å². The second kappa shape index (κ2) is 6.63. The van der Waals surface area contributed by atoms with Gasteiger partial charge in [-0.05, 0) is 51.6 Å². The highest BCUT2D eigenvalue weighted by Crippen LogP contribution is 2.43. The summed E-state index contributed by atoms with van der Waals surface area (Å²) in [5, 5.41) is 3.38. The first-order valence-corrected chi connectivity index (χ1v) is 8.58. The molecule has 0 aromatic rings. The fraction of sp³-hybridized carbons (Fsp3) is 0.938. The normalized spacial score (nSPS) is 29.5. The number of ether oxygens (including phenoxy) is 1. The van der Waals surface area contributed by atoms with Gasteiger partial charge >= 0.3 is 0 Å². The van der Waals surface area contributed by atoms with Crippen LogP contribution >= 0.6 is 0 Å². The number of primary amides is 1. The summed E-state index contributed by atoms with van der Waals surface area (Å²) in [6.07, 6.45) is 9.92. The molecule has 2 heterocycles. The molecule has 21 heavy (non-hydrogen) atoms. The number of carbonyl (C=O) groups is 1. The Balaban J connectivity index is 1.57. The van der Waals surface area contributed by atoms with Gasteiger partial charge in [0, 0.05) is 12.6 Å². The van der Waals surface area contributed by atoms with Crippen molar-refractivity contribution in [2.45, 2.75) is 69.1 Å². The van der Waals surface area contributed by atoms with Gasteiger partial charge in [0.25, 0.3) is 0 Å². The van der Waals surface area contributed by atoms with E-state index in [1.54, 1.807) is 0 Å².